The number of aliphatic hydroxyl groups is 2. The number of allylic oxidation sites excluding steroid dienone is 4. The topological polar surface area (TPSA) is 98.1 Å². The third-order valence-corrected chi connectivity index (χ3v) is 10.0. The van der Waals surface area contributed by atoms with Crippen LogP contribution in [0.1, 0.15) is 38.7 Å². The Bertz CT molecular complexity index is 1190. The number of ketones is 2. The Morgan fingerprint density at radius 2 is 1.84 bits per heavy atom. The molecule has 0 radical (unpaired) electrons. The van der Waals surface area contributed by atoms with Gasteiger partial charge in [0.05, 0.1) is 6.10 Å². The van der Waals surface area contributed by atoms with Crippen molar-refractivity contribution in [2.75, 3.05) is 13.2 Å². The van der Waals surface area contributed by atoms with Crippen molar-refractivity contribution in [2.24, 2.45) is 34.5 Å². The maximum Gasteiger partial charge on any atom is 0.178 e. The molecule has 0 aliphatic heterocycles. The van der Waals surface area contributed by atoms with Crippen molar-refractivity contribution >= 4 is 11.6 Å². The molecule has 1 aromatic carbocycles. The molecular weight excluding hydrogens is 499 g/mol. The summed E-state index contributed by atoms with van der Waals surface area (Å²) >= 11 is 0. The van der Waals surface area contributed by atoms with Crippen LogP contribution >= 0.6 is 0 Å². The zero-order chi connectivity index (χ0) is 27.6. The van der Waals surface area contributed by atoms with E-state index in [9.17, 15) is 29.4 Å². The van der Waals surface area contributed by atoms with Crippen molar-refractivity contribution in [3.05, 3.63) is 59.4 Å². The SMILES string of the molecule is C[C@]12C[C@H](O)[C@@]3(F)[C@@H](C[C@H](F)C4=CC(=O)C=C[C@@]43C)[C@@H]1C[C@@H](CN(O)Cc1ccc(F)cc1)[C@@H]2C(=O)CO. The molecule has 4 aliphatic rings. The molecule has 1 aromatic rings. The van der Waals surface area contributed by atoms with Gasteiger partial charge in [0.25, 0.3) is 0 Å². The molecule has 0 saturated heterocycles. The fourth-order valence-electron chi connectivity index (χ4n) is 8.43. The minimum absolute atomic E-state index is 0.0256. The van der Waals surface area contributed by atoms with Crippen LogP contribution in [0.2, 0.25) is 0 Å². The van der Waals surface area contributed by atoms with Gasteiger partial charge in [0.15, 0.2) is 17.2 Å². The molecule has 9 heteroatoms. The fraction of sp³-hybridized carbons (Fsp3) is 0.586. The van der Waals surface area contributed by atoms with Crippen LogP contribution in [0.3, 0.4) is 0 Å². The van der Waals surface area contributed by atoms with Crippen LogP contribution in [-0.4, -0.2) is 63.1 Å². The number of Topliss-reactive ketones (excluding diaryl/α,β-unsaturated/α-hetero) is 1. The molecule has 0 spiro atoms. The lowest BCUT2D eigenvalue weighted by Crippen LogP contribution is -2.68. The Kier molecular flexibility index (Phi) is 6.74. The normalized spacial score (nSPS) is 41.9. The quantitative estimate of drug-likeness (QED) is 0.482. The lowest BCUT2D eigenvalue weighted by molar-refractivity contribution is -0.202. The minimum Gasteiger partial charge on any atom is -0.390 e. The first-order valence-corrected chi connectivity index (χ1v) is 13.1. The van der Waals surface area contributed by atoms with Crippen LogP contribution in [0, 0.1) is 40.3 Å². The van der Waals surface area contributed by atoms with E-state index < -0.39 is 76.4 Å². The van der Waals surface area contributed by atoms with Gasteiger partial charge in [-0.15, -0.1) is 0 Å². The average Bonchev–Trinajstić information content (AvgIpc) is 3.14. The van der Waals surface area contributed by atoms with Crippen molar-refractivity contribution in [1.29, 1.82) is 0 Å². The van der Waals surface area contributed by atoms with E-state index in [1.807, 2.05) is 0 Å². The lowest BCUT2D eigenvalue weighted by Gasteiger charge is -2.62. The molecular formula is C29H34F3NO5. The van der Waals surface area contributed by atoms with E-state index >= 15 is 8.78 Å². The second-order valence-electron chi connectivity index (χ2n) is 12.0. The number of carbonyl (C=O) groups is 2. The maximum absolute atomic E-state index is 17.3. The highest BCUT2D eigenvalue weighted by atomic mass is 19.1. The summed E-state index contributed by atoms with van der Waals surface area (Å²) in [7, 11) is 0. The van der Waals surface area contributed by atoms with Crippen LogP contribution in [0.5, 0.6) is 0 Å². The molecule has 9 atom stereocenters. The second-order valence-corrected chi connectivity index (χ2v) is 12.0. The summed E-state index contributed by atoms with van der Waals surface area (Å²) in [6.07, 6.45) is 0.578. The number of alkyl halides is 2. The van der Waals surface area contributed by atoms with Crippen molar-refractivity contribution in [3.8, 4) is 0 Å². The summed E-state index contributed by atoms with van der Waals surface area (Å²) in [5, 5.41) is 33.0. The van der Waals surface area contributed by atoms with E-state index in [-0.39, 0.29) is 31.5 Å². The van der Waals surface area contributed by atoms with Crippen molar-refractivity contribution < 1.29 is 38.2 Å². The van der Waals surface area contributed by atoms with E-state index in [1.54, 1.807) is 6.92 Å². The van der Waals surface area contributed by atoms with Crippen molar-refractivity contribution in [2.45, 2.75) is 57.6 Å². The first-order valence-electron chi connectivity index (χ1n) is 13.1. The molecule has 0 bridgehead atoms. The van der Waals surface area contributed by atoms with Gasteiger partial charge >= 0.3 is 0 Å². The standard InChI is InChI=1S/C29H34F3NO5/c1-27-12-25(37)29(32)21(11-23(31)22-10-19(35)7-8-28(22,29)2)20(27)9-17(26(27)24(36)15-34)14-33(38)13-16-3-5-18(30)6-4-16/h3-8,10,17,20-21,23,25-26,34,37-38H,9,11-15H2,1-2H3/t17-,20-,21-,23-,25-,26+,27-,28-,29-/m0/s1. The lowest BCUT2D eigenvalue weighted by atomic mass is 9.45. The molecule has 0 heterocycles. The predicted molar refractivity (Wildman–Crippen MR) is 132 cm³/mol. The minimum atomic E-state index is -2.27. The monoisotopic (exact) mass is 533 g/mol. The molecule has 3 N–H and O–H groups in total. The molecule has 4 aliphatic carbocycles. The average molecular weight is 534 g/mol. The molecule has 5 rings (SSSR count). The number of rotatable bonds is 6. The number of hydroxylamine groups is 2. The Morgan fingerprint density at radius 3 is 2.50 bits per heavy atom. The summed E-state index contributed by atoms with van der Waals surface area (Å²) in [6.45, 7) is 2.66. The molecule has 3 saturated carbocycles. The van der Waals surface area contributed by atoms with Gasteiger partial charge < -0.3 is 15.4 Å². The highest BCUT2D eigenvalue weighted by molar-refractivity contribution is 6.01. The number of benzene rings is 1. The number of hydrogen-bond donors (Lipinski definition) is 3. The Morgan fingerprint density at radius 1 is 1.16 bits per heavy atom. The largest absolute Gasteiger partial charge is 0.390 e. The summed E-state index contributed by atoms with van der Waals surface area (Å²) in [5.41, 5.74) is -4.05. The summed E-state index contributed by atoms with van der Waals surface area (Å²) < 4.78 is 46.2. The van der Waals surface area contributed by atoms with Gasteiger partial charge in [-0.3, -0.25) is 9.59 Å². The number of aliphatic hydroxyl groups excluding tert-OH is 2. The van der Waals surface area contributed by atoms with Gasteiger partial charge in [-0.1, -0.05) is 25.1 Å². The highest BCUT2D eigenvalue weighted by Gasteiger charge is 2.73. The van der Waals surface area contributed by atoms with Gasteiger partial charge in [-0.25, -0.2) is 13.2 Å². The summed E-state index contributed by atoms with van der Waals surface area (Å²) in [4.78, 5) is 25.1. The maximum atomic E-state index is 17.3. The number of nitrogens with zero attached hydrogens (tertiary/aromatic N) is 1. The summed E-state index contributed by atoms with van der Waals surface area (Å²) in [5.74, 6) is -4.03. The van der Waals surface area contributed by atoms with Crippen molar-refractivity contribution in [1.82, 2.24) is 5.06 Å². The number of halogens is 3. The van der Waals surface area contributed by atoms with E-state index in [2.05, 4.69) is 0 Å². The molecule has 206 valence electrons. The molecule has 0 amide bonds. The van der Waals surface area contributed by atoms with Gasteiger partial charge in [-0.2, -0.15) is 5.06 Å². The van der Waals surface area contributed by atoms with Crippen LogP contribution in [-0.2, 0) is 16.1 Å². The molecule has 0 aromatic heterocycles. The van der Waals surface area contributed by atoms with Crippen LogP contribution in [0.15, 0.2) is 48.1 Å². The van der Waals surface area contributed by atoms with Gasteiger partial charge in [0.2, 0.25) is 0 Å². The number of carbonyl (C=O) groups excluding carboxylic acids is 2. The summed E-state index contributed by atoms with van der Waals surface area (Å²) in [6, 6.07) is 5.63. The van der Waals surface area contributed by atoms with E-state index in [0.717, 1.165) is 11.1 Å². The van der Waals surface area contributed by atoms with Gasteiger partial charge in [-0.05, 0) is 78.9 Å². The van der Waals surface area contributed by atoms with Crippen LogP contribution in [0.4, 0.5) is 13.2 Å². The Hall–Kier alpha value is -2.33. The molecule has 3 fully saturated rings. The zero-order valence-electron chi connectivity index (χ0n) is 21.5. The number of fused-ring (bicyclic) bond motifs is 5. The first kappa shape index (κ1) is 27.2. The first-order chi connectivity index (χ1) is 17.8. The van der Waals surface area contributed by atoms with Crippen LogP contribution < -0.4 is 0 Å². The molecule has 6 nitrogen and oxygen atoms in total. The van der Waals surface area contributed by atoms with Crippen molar-refractivity contribution in [3.63, 3.8) is 0 Å². The Labute approximate surface area is 219 Å². The number of hydrogen-bond acceptors (Lipinski definition) is 6. The zero-order valence-corrected chi connectivity index (χ0v) is 21.5. The predicted octanol–water partition coefficient (Wildman–Crippen LogP) is 3.74. The second kappa shape index (κ2) is 9.40. The third kappa shape index (κ3) is 3.93. The van der Waals surface area contributed by atoms with Gasteiger partial charge in [0.1, 0.15) is 18.6 Å². The highest BCUT2D eigenvalue weighted by Crippen LogP contribution is 2.70. The van der Waals surface area contributed by atoms with E-state index in [1.165, 1.54) is 43.3 Å². The van der Waals surface area contributed by atoms with Gasteiger partial charge in [0, 0.05) is 30.3 Å². The van der Waals surface area contributed by atoms with E-state index in [0.29, 0.717) is 12.0 Å². The third-order valence-electron chi connectivity index (χ3n) is 10.0. The smallest absolute Gasteiger partial charge is 0.178 e. The molecule has 38 heavy (non-hydrogen) atoms. The fourth-order valence-corrected chi connectivity index (χ4v) is 8.43. The van der Waals surface area contributed by atoms with Crippen LogP contribution in [0.25, 0.3) is 0 Å². The molecule has 0 unspecified atom stereocenters. The van der Waals surface area contributed by atoms with E-state index in [4.69, 9.17) is 0 Å². The Balaban J connectivity index is 1.49.